The minimum absolute atomic E-state index is 0.0830. The Bertz CT molecular complexity index is 821. The van der Waals surface area contributed by atoms with Crippen molar-refractivity contribution < 1.29 is 4.39 Å². The van der Waals surface area contributed by atoms with E-state index in [1.54, 1.807) is 12.3 Å². The molecule has 1 N–H and O–H groups in total. The van der Waals surface area contributed by atoms with Crippen molar-refractivity contribution in [3.63, 3.8) is 0 Å². The number of nitrogens with one attached hydrogen (secondary N) is 1. The van der Waals surface area contributed by atoms with Gasteiger partial charge in [0.05, 0.1) is 11.2 Å². The van der Waals surface area contributed by atoms with E-state index >= 15 is 0 Å². The van der Waals surface area contributed by atoms with E-state index in [1.807, 2.05) is 24.3 Å². The van der Waals surface area contributed by atoms with Gasteiger partial charge in [-0.15, -0.1) is 0 Å². The van der Waals surface area contributed by atoms with Crippen LogP contribution in [0.15, 0.2) is 41.3 Å². The number of para-hydroxylation sites is 1. The monoisotopic (exact) mass is 255 g/mol. The summed E-state index contributed by atoms with van der Waals surface area (Å²) in [5.74, 6) is -0.496. The molecule has 0 aliphatic carbocycles. The summed E-state index contributed by atoms with van der Waals surface area (Å²) < 4.78 is 13.3. The maximum absolute atomic E-state index is 13.3. The second kappa shape index (κ2) is 4.28. The molecule has 94 valence electrons. The smallest absolute Gasteiger partial charge is 0.287 e. The zero-order chi connectivity index (χ0) is 13.4. The molecule has 0 saturated heterocycles. The van der Waals surface area contributed by atoms with Crippen molar-refractivity contribution in [3.8, 4) is 11.4 Å². The van der Waals surface area contributed by atoms with Gasteiger partial charge in [0.15, 0.2) is 0 Å². The number of aromatic amines is 1. The van der Waals surface area contributed by atoms with Crippen molar-refractivity contribution in [1.29, 1.82) is 0 Å². The van der Waals surface area contributed by atoms with Gasteiger partial charge in [-0.1, -0.05) is 18.2 Å². The van der Waals surface area contributed by atoms with E-state index in [0.717, 1.165) is 16.5 Å². The number of aromatic nitrogens is 3. The van der Waals surface area contributed by atoms with E-state index in [-0.39, 0.29) is 5.69 Å². The number of pyridine rings is 1. The number of nitrogens with zero attached hydrogens (tertiary/aromatic N) is 2. The van der Waals surface area contributed by atoms with Crippen LogP contribution in [0, 0.1) is 12.7 Å². The fraction of sp³-hybridized carbons (Fsp3) is 0.0714. The Balaban J connectivity index is 2.34. The number of halogens is 1. The van der Waals surface area contributed by atoms with Crippen LogP contribution in [0.1, 0.15) is 5.69 Å². The van der Waals surface area contributed by atoms with E-state index < -0.39 is 11.4 Å². The van der Waals surface area contributed by atoms with Gasteiger partial charge in [0, 0.05) is 17.1 Å². The van der Waals surface area contributed by atoms with Gasteiger partial charge in [-0.3, -0.25) is 9.78 Å². The van der Waals surface area contributed by atoms with E-state index in [0.29, 0.717) is 5.82 Å². The molecule has 5 heteroatoms. The molecular weight excluding hydrogens is 245 g/mol. The third kappa shape index (κ3) is 1.89. The zero-order valence-electron chi connectivity index (χ0n) is 10.1. The van der Waals surface area contributed by atoms with Gasteiger partial charge in [-0.2, -0.15) is 4.39 Å². The lowest BCUT2D eigenvalue weighted by atomic mass is 10.1. The molecule has 0 spiro atoms. The van der Waals surface area contributed by atoms with Crippen LogP contribution in [0.4, 0.5) is 4.39 Å². The summed E-state index contributed by atoms with van der Waals surface area (Å²) in [5.41, 5.74) is 0.846. The lowest BCUT2D eigenvalue weighted by Gasteiger charge is -2.06. The molecule has 1 aromatic carbocycles. The number of aryl methyl sites for hydroxylation is 1. The fourth-order valence-electron chi connectivity index (χ4n) is 2.00. The van der Waals surface area contributed by atoms with Gasteiger partial charge >= 0.3 is 0 Å². The molecule has 0 bridgehead atoms. The topological polar surface area (TPSA) is 58.6 Å². The van der Waals surface area contributed by atoms with Crippen molar-refractivity contribution in [2.45, 2.75) is 6.92 Å². The number of H-pyrrole nitrogens is 1. The van der Waals surface area contributed by atoms with Gasteiger partial charge in [0.25, 0.3) is 5.56 Å². The Morgan fingerprint density at radius 2 is 2.00 bits per heavy atom. The normalized spacial score (nSPS) is 10.8. The molecule has 3 rings (SSSR count). The summed E-state index contributed by atoms with van der Waals surface area (Å²) in [7, 11) is 0. The van der Waals surface area contributed by atoms with Crippen LogP contribution < -0.4 is 5.56 Å². The summed E-state index contributed by atoms with van der Waals surface area (Å²) >= 11 is 0. The predicted octanol–water partition coefficient (Wildman–Crippen LogP) is 2.43. The van der Waals surface area contributed by atoms with Crippen LogP contribution >= 0.6 is 0 Å². The third-order valence-electron chi connectivity index (χ3n) is 2.93. The van der Waals surface area contributed by atoms with Crippen molar-refractivity contribution in [3.05, 3.63) is 58.4 Å². The molecule has 2 heterocycles. The largest absolute Gasteiger partial charge is 0.304 e. The quantitative estimate of drug-likeness (QED) is 0.726. The fourth-order valence-corrected chi connectivity index (χ4v) is 2.00. The van der Waals surface area contributed by atoms with Crippen LogP contribution in [0.2, 0.25) is 0 Å². The van der Waals surface area contributed by atoms with E-state index in [9.17, 15) is 9.18 Å². The molecule has 0 amide bonds. The molecule has 2 aromatic heterocycles. The summed E-state index contributed by atoms with van der Waals surface area (Å²) in [6.07, 6.45) is 1.64. The van der Waals surface area contributed by atoms with Crippen molar-refractivity contribution in [2.24, 2.45) is 0 Å². The van der Waals surface area contributed by atoms with Crippen molar-refractivity contribution >= 4 is 10.9 Å². The van der Waals surface area contributed by atoms with Gasteiger partial charge in [-0.05, 0) is 19.1 Å². The first-order valence-corrected chi connectivity index (χ1v) is 5.77. The van der Waals surface area contributed by atoms with Gasteiger partial charge in [-0.25, -0.2) is 4.98 Å². The Morgan fingerprint density at radius 3 is 2.79 bits per heavy atom. The number of hydrogen-bond donors (Lipinski definition) is 1. The molecule has 0 radical (unpaired) electrons. The summed E-state index contributed by atoms with van der Waals surface area (Å²) in [6, 6.07) is 9.26. The molecule has 0 fully saturated rings. The maximum atomic E-state index is 13.3. The molecular formula is C14H10FN3O. The van der Waals surface area contributed by atoms with Crippen LogP contribution in [-0.2, 0) is 0 Å². The van der Waals surface area contributed by atoms with Crippen LogP contribution in [0.25, 0.3) is 22.3 Å². The van der Waals surface area contributed by atoms with Gasteiger partial charge < -0.3 is 4.98 Å². The highest BCUT2D eigenvalue weighted by Gasteiger charge is 2.11. The molecule has 4 nitrogen and oxygen atoms in total. The maximum Gasteiger partial charge on any atom is 0.287 e. The number of rotatable bonds is 1. The highest BCUT2D eigenvalue weighted by molar-refractivity contribution is 5.92. The van der Waals surface area contributed by atoms with E-state index in [1.165, 1.54) is 6.92 Å². The summed E-state index contributed by atoms with van der Waals surface area (Å²) in [6.45, 7) is 1.47. The minimum Gasteiger partial charge on any atom is -0.304 e. The van der Waals surface area contributed by atoms with Crippen molar-refractivity contribution in [2.75, 3.05) is 0 Å². The van der Waals surface area contributed by atoms with Crippen LogP contribution in [-0.4, -0.2) is 15.0 Å². The zero-order valence-corrected chi connectivity index (χ0v) is 10.1. The summed E-state index contributed by atoms with van der Waals surface area (Å²) in [5, 5.41) is 0.860. The number of benzene rings is 1. The second-order valence-electron chi connectivity index (χ2n) is 4.19. The average molecular weight is 255 g/mol. The first kappa shape index (κ1) is 11.5. The number of fused-ring (bicyclic) bond motifs is 1. The molecule has 0 aliphatic heterocycles. The molecule has 19 heavy (non-hydrogen) atoms. The highest BCUT2D eigenvalue weighted by Crippen LogP contribution is 2.23. The molecule has 0 atom stereocenters. The van der Waals surface area contributed by atoms with Gasteiger partial charge in [0.2, 0.25) is 5.82 Å². The standard InChI is InChI=1S/C14H10FN3O/c1-8-12(15)14(19)18-13(17-8)10-6-7-16-11-5-3-2-4-9(10)11/h2-7H,1H3,(H,17,18,19). The molecule has 0 unspecified atom stereocenters. The lowest BCUT2D eigenvalue weighted by Crippen LogP contribution is -2.15. The van der Waals surface area contributed by atoms with Gasteiger partial charge in [0.1, 0.15) is 5.82 Å². The van der Waals surface area contributed by atoms with Crippen LogP contribution in [0.5, 0.6) is 0 Å². The van der Waals surface area contributed by atoms with Crippen molar-refractivity contribution in [1.82, 2.24) is 15.0 Å². The van der Waals surface area contributed by atoms with Crippen LogP contribution in [0.3, 0.4) is 0 Å². The first-order valence-electron chi connectivity index (χ1n) is 5.77. The highest BCUT2D eigenvalue weighted by atomic mass is 19.1. The van der Waals surface area contributed by atoms with E-state index in [2.05, 4.69) is 15.0 Å². The lowest BCUT2D eigenvalue weighted by molar-refractivity contribution is 0.589. The second-order valence-corrected chi connectivity index (χ2v) is 4.19. The Kier molecular flexibility index (Phi) is 2.59. The predicted molar refractivity (Wildman–Crippen MR) is 70.3 cm³/mol. The first-order chi connectivity index (χ1) is 9.16. The minimum atomic E-state index is -0.845. The SMILES string of the molecule is Cc1nc(-c2ccnc3ccccc23)[nH]c(=O)c1F. The molecule has 3 aromatic rings. The Labute approximate surface area is 108 Å². The average Bonchev–Trinajstić information content (AvgIpc) is 2.43. The van der Waals surface area contributed by atoms with E-state index in [4.69, 9.17) is 0 Å². The molecule has 0 aliphatic rings. The molecule has 0 saturated carbocycles. The summed E-state index contributed by atoms with van der Waals surface area (Å²) in [4.78, 5) is 22.3. The Morgan fingerprint density at radius 1 is 1.21 bits per heavy atom. The third-order valence-corrected chi connectivity index (χ3v) is 2.93. The number of hydrogen-bond acceptors (Lipinski definition) is 3. The Hall–Kier alpha value is -2.56.